The van der Waals surface area contributed by atoms with Crippen LogP contribution in [-0.2, 0) is 0 Å². The van der Waals surface area contributed by atoms with E-state index in [-0.39, 0.29) is 0 Å². The van der Waals surface area contributed by atoms with Crippen molar-refractivity contribution in [3.8, 4) is 5.75 Å². The minimum Gasteiger partial charge on any atom is -0.497 e. The summed E-state index contributed by atoms with van der Waals surface area (Å²) in [7, 11) is 1.69. The largest absolute Gasteiger partial charge is 0.497 e. The quantitative estimate of drug-likeness (QED) is 0.711. The number of halogens is 1. The summed E-state index contributed by atoms with van der Waals surface area (Å²) in [5, 5.41) is 2.40. The Morgan fingerprint density at radius 1 is 1.12 bits per heavy atom. The van der Waals surface area contributed by atoms with Crippen molar-refractivity contribution in [1.29, 1.82) is 0 Å². The zero-order valence-electron chi connectivity index (χ0n) is 8.75. The number of nitrogens with one attached hydrogen (secondary N) is 1. The molecule has 0 spiro atoms. The van der Waals surface area contributed by atoms with Crippen molar-refractivity contribution in [2.24, 2.45) is 0 Å². The number of H-pyrrole nitrogens is 1. The molecule has 0 amide bonds. The van der Waals surface area contributed by atoms with Crippen molar-refractivity contribution >= 4 is 37.7 Å². The molecule has 1 aromatic heterocycles. The summed E-state index contributed by atoms with van der Waals surface area (Å²) in [4.78, 5) is 3.40. The molecule has 3 heteroatoms. The summed E-state index contributed by atoms with van der Waals surface area (Å²) >= 11 is 3.55. The third kappa shape index (κ3) is 1.32. The number of aromatic nitrogens is 1. The average molecular weight is 276 g/mol. The van der Waals surface area contributed by atoms with Gasteiger partial charge in [-0.3, -0.25) is 0 Å². The lowest BCUT2D eigenvalue weighted by atomic mass is 10.1. The van der Waals surface area contributed by atoms with E-state index in [4.69, 9.17) is 4.74 Å². The Labute approximate surface area is 101 Å². The number of fused-ring (bicyclic) bond motifs is 3. The van der Waals surface area contributed by atoms with Gasteiger partial charge in [-0.2, -0.15) is 0 Å². The fraction of sp³-hybridized carbons (Fsp3) is 0.0769. The van der Waals surface area contributed by atoms with Crippen LogP contribution in [0.15, 0.2) is 40.9 Å². The molecule has 0 radical (unpaired) electrons. The van der Waals surface area contributed by atoms with Gasteiger partial charge in [0.05, 0.1) is 12.6 Å². The highest BCUT2D eigenvalue weighted by Crippen LogP contribution is 2.32. The van der Waals surface area contributed by atoms with E-state index >= 15 is 0 Å². The lowest BCUT2D eigenvalue weighted by Gasteiger charge is -1.98. The van der Waals surface area contributed by atoms with Crippen LogP contribution in [0.25, 0.3) is 21.8 Å². The van der Waals surface area contributed by atoms with Crippen molar-refractivity contribution < 1.29 is 4.74 Å². The zero-order chi connectivity index (χ0) is 11.1. The summed E-state index contributed by atoms with van der Waals surface area (Å²) in [6, 6.07) is 12.2. The maximum atomic E-state index is 5.25. The van der Waals surface area contributed by atoms with E-state index in [0.29, 0.717) is 0 Å². The molecule has 0 aliphatic rings. The highest BCUT2D eigenvalue weighted by Gasteiger charge is 2.06. The maximum absolute atomic E-state index is 5.25. The molecule has 0 saturated heterocycles. The molecule has 0 unspecified atom stereocenters. The summed E-state index contributed by atoms with van der Waals surface area (Å²) < 4.78 is 6.33. The first-order chi connectivity index (χ1) is 7.79. The minimum absolute atomic E-state index is 0.883. The van der Waals surface area contributed by atoms with Crippen LogP contribution in [0.1, 0.15) is 0 Å². The molecular weight excluding hydrogens is 266 g/mol. The second-order valence-electron chi connectivity index (χ2n) is 3.70. The van der Waals surface area contributed by atoms with E-state index in [1.165, 1.54) is 10.8 Å². The van der Waals surface area contributed by atoms with Crippen LogP contribution in [0.2, 0.25) is 0 Å². The van der Waals surface area contributed by atoms with Crippen LogP contribution in [0.5, 0.6) is 5.75 Å². The molecule has 0 bridgehead atoms. The number of para-hydroxylation sites is 1. The molecule has 1 heterocycles. The van der Waals surface area contributed by atoms with Crippen molar-refractivity contribution in [3.63, 3.8) is 0 Å². The predicted molar refractivity (Wildman–Crippen MR) is 70.1 cm³/mol. The van der Waals surface area contributed by atoms with E-state index < -0.39 is 0 Å². The van der Waals surface area contributed by atoms with Crippen molar-refractivity contribution in [2.75, 3.05) is 7.11 Å². The second-order valence-corrected chi connectivity index (χ2v) is 4.55. The zero-order valence-corrected chi connectivity index (χ0v) is 10.3. The number of aromatic amines is 1. The molecule has 0 atom stereocenters. The van der Waals surface area contributed by atoms with E-state index in [2.05, 4.69) is 33.0 Å². The molecule has 2 aromatic carbocycles. The number of rotatable bonds is 1. The molecule has 0 saturated carbocycles. The molecule has 0 fully saturated rings. The number of methoxy groups -OCH3 is 1. The van der Waals surface area contributed by atoms with Gasteiger partial charge in [-0.15, -0.1) is 0 Å². The van der Waals surface area contributed by atoms with E-state index in [1.54, 1.807) is 7.11 Å². The van der Waals surface area contributed by atoms with Crippen LogP contribution in [-0.4, -0.2) is 12.1 Å². The fourth-order valence-electron chi connectivity index (χ4n) is 1.99. The highest BCUT2D eigenvalue weighted by molar-refractivity contribution is 9.10. The Hall–Kier alpha value is -1.48. The Bertz CT molecular complexity index is 672. The molecule has 3 rings (SSSR count). The molecule has 16 heavy (non-hydrogen) atoms. The van der Waals surface area contributed by atoms with Gasteiger partial charge >= 0.3 is 0 Å². The summed E-state index contributed by atoms with van der Waals surface area (Å²) in [6.07, 6.45) is 0. The molecular formula is C13H10BrNO. The lowest BCUT2D eigenvalue weighted by molar-refractivity contribution is 0.415. The smallest absolute Gasteiger partial charge is 0.119 e. The fourth-order valence-corrected chi connectivity index (χ4v) is 2.46. The first-order valence-corrected chi connectivity index (χ1v) is 5.83. The van der Waals surface area contributed by atoms with E-state index in [9.17, 15) is 0 Å². The molecule has 0 aliphatic carbocycles. The Morgan fingerprint density at radius 2 is 2.00 bits per heavy atom. The SMILES string of the molecule is COc1ccc2[nH]c3c(Br)cccc3c2c1. The van der Waals surface area contributed by atoms with Gasteiger partial charge in [-0.1, -0.05) is 12.1 Å². The summed E-state index contributed by atoms with van der Waals surface area (Å²) in [5.74, 6) is 0.883. The van der Waals surface area contributed by atoms with Gasteiger partial charge < -0.3 is 9.72 Å². The Morgan fingerprint density at radius 3 is 2.81 bits per heavy atom. The Balaban J connectivity index is 2.47. The Kier molecular flexibility index (Phi) is 2.14. The molecule has 1 N–H and O–H groups in total. The first kappa shape index (κ1) is 9.73. The van der Waals surface area contributed by atoms with E-state index in [0.717, 1.165) is 21.3 Å². The van der Waals surface area contributed by atoms with Gasteiger partial charge in [0, 0.05) is 20.8 Å². The van der Waals surface area contributed by atoms with E-state index in [1.807, 2.05) is 24.3 Å². The number of hydrogen-bond acceptors (Lipinski definition) is 1. The van der Waals surface area contributed by atoms with Crippen LogP contribution in [0, 0.1) is 0 Å². The van der Waals surface area contributed by atoms with Gasteiger partial charge in [0.15, 0.2) is 0 Å². The van der Waals surface area contributed by atoms with Crippen LogP contribution in [0.3, 0.4) is 0 Å². The molecule has 0 aliphatic heterocycles. The van der Waals surface area contributed by atoms with Gasteiger partial charge in [0.25, 0.3) is 0 Å². The monoisotopic (exact) mass is 275 g/mol. The lowest BCUT2D eigenvalue weighted by Crippen LogP contribution is -1.80. The van der Waals surface area contributed by atoms with Crippen molar-refractivity contribution in [1.82, 2.24) is 4.98 Å². The van der Waals surface area contributed by atoms with Gasteiger partial charge in [0.1, 0.15) is 5.75 Å². The minimum atomic E-state index is 0.883. The first-order valence-electron chi connectivity index (χ1n) is 5.03. The third-order valence-electron chi connectivity index (χ3n) is 2.79. The summed E-state index contributed by atoms with van der Waals surface area (Å²) in [5.41, 5.74) is 2.26. The molecule has 80 valence electrons. The highest BCUT2D eigenvalue weighted by atomic mass is 79.9. The predicted octanol–water partition coefficient (Wildman–Crippen LogP) is 4.09. The van der Waals surface area contributed by atoms with Crippen LogP contribution >= 0.6 is 15.9 Å². The molecule has 3 aromatic rings. The number of hydrogen-bond donors (Lipinski definition) is 1. The van der Waals surface area contributed by atoms with Crippen LogP contribution in [0.4, 0.5) is 0 Å². The van der Waals surface area contributed by atoms with Crippen LogP contribution < -0.4 is 4.74 Å². The topological polar surface area (TPSA) is 25.0 Å². The second kappa shape index (κ2) is 3.52. The van der Waals surface area contributed by atoms with Gasteiger partial charge in [-0.25, -0.2) is 0 Å². The number of benzene rings is 2. The third-order valence-corrected chi connectivity index (χ3v) is 3.45. The molecule has 2 nitrogen and oxygen atoms in total. The van der Waals surface area contributed by atoms with Gasteiger partial charge in [0.2, 0.25) is 0 Å². The van der Waals surface area contributed by atoms with Crippen molar-refractivity contribution in [3.05, 3.63) is 40.9 Å². The standard InChI is InChI=1S/C13H10BrNO/c1-16-8-5-6-12-10(7-8)9-3-2-4-11(14)13(9)15-12/h2-7,15H,1H3. The van der Waals surface area contributed by atoms with Crippen molar-refractivity contribution in [2.45, 2.75) is 0 Å². The average Bonchev–Trinajstić information content (AvgIpc) is 2.68. The van der Waals surface area contributed by atoms with Gasteiger partial charge in [-0.05, 0) is 40.2 Å². The maximum Gasteiger partial charge on any atom is 0.119 e. The number of ether oxygens (including phenoxy) is 1. The summed E-state index contributed by atoms with van der Waals surface area (Å²) in [6.45, 7) is 0. The normalized spacial score (nSPS) is 11.1.